The SMILES string of the molecule is CCOC(=O)Cc1cc(CCC(=O)O)ccc1Br. The van der Waals surface area contributed by atoms with Crippen LogP contribution < -0.4 is 0 Å². The molecule has 5 heteroatoms. The van der Waals surface area contributed by atoms with Crippen LogP contribution in [0, 0.1) is 0 Å². The average Bonchev–Trinajstić information content (AvgIpc) is 2.30. The summed E-state index contributed by atoms with van der Waals surface area (Å²) in [5, 5.41) is 8.63. The van der Waals surface area contributed by atoms with Crippen LogP contribution in [0.15, 0.2) is 22.7 Å². The van der Waals surface area contributed by atoms with Gasteiger partial charge in [-0.3, -0.25) is 9.59 Å². The van der Waals surface area contributed by atoms with Gasteiger partial charge < -0.3 is 9.84 Å². The number of carbonyl (C=O) groups is 2. The lowest BCUT2D eigenvalue weighted by Gasteiger charge is -2.07. The molecule has 4 nitrogen and oxygen atoms in total. The molecule has 0 aromatic heterocycles. The number of esters is 1. The summed E-state index contributed by atoms with van der Waals surface area (Å²) >= 11 is 3.37. The Bertz CT molecular complexity index is 443. The zero-order chi connectivity index (χ0) is 13.5. The number of carbonyl (C=O) groups excluding carboxylic acids is 1. The summed E-state index contributed by atoms with van der Waals surface area (Å²) < 4.78 is 5.71. The number of hydrogen-bond acceptors (Lipinski definition) is 3. The topological polar surface area (TPSA) is 63.6 Å². The Labute approximate surface area is 114 Å². The number of halogens is 1. The van der Waals surface area contributed by atoms with Crippen molar-refractivity contribution in [1.29, 1.82) is 0 Å². The van der Waals surface area contributed by atoms with Gasteiger partial charge in [-0.25, -0.2) is 0 Å². The Hall–Kier alpha value is -1.36. The molecule has 0 aliphatic rings. The van der Waals surface area contributed by atoms with Gasteiger partial charge in [-0.05, 0) is 30.5 Å². The largest absolute Gasteiger partial charge is 0.481 e. The van der Waals surface area contributed by atoms with E-state index in [1.807, 2.05) is 18.2 Å². The molecule has 0 unspecified atom stereocenters. The molecule has 0 radical (unpaired) electrons. The Morgan fingerprint density at radius 2 is 2.11 bits per heavy atom. The highest BCUT2D eigenvalue weighted by Crippen LogP contribution is 2.20. The summed E-state index contributed by atoms with van der Waals surface area (Å²) in [4.78, 5) is 21.9. The second-order valence-electron chi connectivity index (χ2n) is 3.80. The molecule has 1 rings (SSSR count). The zero-order valence-electron chi connectivity index (χ0n) is 10.1. The van der Waals surface area contributed by atoms with Crippen molar-refractivity contribution in [1.82, 2.24) is 0 Å². The maximum Gasteiger partial charge on any atom is 0.310 e. The smallest absolute Gasteiger partial charge is 0.310 e. The summed E-state index contributed by atoms with van der Waals surface area (Å²) in [5.74, 6) is -1.11. The molecule has 0 bridgehead atoms. The molecular weight excluding hydrogens is 300 g/mol. The second kappa shape index (κ2) is 7.16. The fourth-order valence-electron chi connectivity index (χ4n) is 1.54. The van der Waals surface area contributed by atoms with Crippen molar-refractivity contribution in [3.63, 3.8) is 0 Å². The van der Waals surface area contributed by atoms with Crippen LogP contribution in [0.25, 0.3) is 0 Å². The van der Waals surface area contributed by atoms with Crippen molar-refractivity contribution in [3.05, 3.63) is 33.8 Å². The number of benzene rings is 1. The molecule has 0 saturated carbocycles. The van der Waals surface area contributed by atoms with E-state index in [0.717, 1.165) is 15.6 Å². The fraction of sp³-hybridized carbons (Fsp3) is 0.385. The molecule has 0 heterocycles. The second-order valence-corrected chi connectivity index (χ2v) is 4.66. The highest BCUT2D eigenvalue weighted by atomic mass is 79.9. The molecule has 0 fully saturated rings. The molecule has 0 aliphatic heterocycles. The van der Waals surface area contributed by atoms with Gasteiger partial charge in [0, 0.05) is 10.9 Å². The number of rotatable bonds is 6. The molecule has 18 heavy (non-hydrogen) atoms. The predicted molar refractivity (Wildman–Crippen MR) is 70.4 cm³/mol. The first-order chi connectivity index (χ1) is 8.52. The van der Waals surface area contributed by atoms with E-state index in [1.165, 1.54) is 0 Å². The molecule has 0 spiro atoms. The minimum Gasteiger partial charge on any atom is -0.481 e. The van der Waals surface area contributed by atoms with Gasteiger partial charge in [-0.2, -0.15) is 0 Å². The van der Waals surface area contributed by atoms with E-state index in [0.29, 0.717) is 13.0 Å². The normalized spacial score (nSPS) is 10.1. The number of carboxylic acids is 1. The molecule has 1 aromatic carbocycles. The predicted octanol–water partition coefficient (Wildman–Crippen LogP) is 2.57. The molecule has 0 atom stereocenters. The molecule has 0 saturated heterocycles. The van der Waals surface area contributed by atoms with Crippen molar-refractivity contribution in [2.75, 3.05) is 6.61 Å². The van der Waals surface area contributed by atoms with E-state index < -0.39 is 5.97 Å². The maximum atomic E-state index is 11.4. The minimum absolute atomic E-state index is 0.0838. The van der Waals surface area contributed by atoms with Gasteiger partial charge in [0.15, 0.2) is 0 Å². The molecule has 98 valence electrons. The quantitative estimate of drug-likeness (QED) is 0.820. The van der Waals surface area contributed by atoms with Crippen molar-refractivity contribution >= 4 is 27.9 Å². The average molecular weight is 315 g/mol. The van der Waals surface area contributed by atoms with Crippen LogP contribution in [-0.4, -0.2) is 23.7 Å². The Morgan fingerprint density at radius 1 is 1.39 bits per heavy atom. The first kappa shape index (κ1) is 14.7. The monoisotopic (exact) mass is 314 g/mol. The third-order valence-corrected chi connectivity index (χ3v) is 3.15. The summed E-state index contributed by atoms with van der Waals surface area (Å²) in [5.41, 5.74) is 1.72. The van der Waals surface area contributed by atoms with E-state index in [9.17, 15) is 9.59 Å². The molecule has 1 N–H and O–H groups in total. The lowest BCUT2D eigenvalue weighted by atomic mass is 10.0. The van der Waals surface area contributed by atoms with Gasteiger partial charge in [0.2, 0.25) is 0 Å². The van der Waals surface area contributed by atoms with Crippen LogP contribution in [0.4, 0.5) is 0 Å². The standard InChI is InChI=1S/C13H15BrO4/c1-2-18-13(17)8-10-7-9(3-5-11(10)14)4-6-12(15)16/h3,5,7H,2,4,6,8H2,1H3,(H,15,16). The van der Waals surface area contributed by atoms with Crippen molar-refractivity contribution in [3.8, 4) is 0 Å². The number of aliphatic carboxylic acids is 1. The number of aryl methyl sites for hydroxylation is 1. The van der Waals surface area contributed by atoms with Crippen molar-refractivity contribution in [2.24, 2.45) is 0 Å². The summed E-state index contributed by atoms with van der Waals surface area (Å²) in [6.07, 6.45) is 0.730. The first-order valence-electron chi connectivity index (χ1n) is 5.67. The van der Waals surface area contributed by atoms with Gasteiger partial charge in [-0.1, -0.05) is 28.1 Å². The van der Waals surface area contributed by atoms with Crippen molar-refractivity contribution in [2.45, 2.75) is 26.2 Å². The summed E-state index contributed by atoms with van der Waals surface area (Å²) in [7, 11) is 0. The maximum absolute atomic E-state index is 11.4. The zero-order valence-corrected chi connectivity index (χ0v) is 11.7. The lowest BCUT2D eigenvalue weighted by Crippen LogP contribution is -2.08. The highest BCUT2D eigenvalue weighted by Gasteiger charge is 2.09. The van der Waals surface area contributed by atoms with Crippen LogP contribution in [0.5, 0.6) is 0 Å². The van der Waals surface area contributed by atoms with Gasteiger partial charge in [0.05, 0.1) is 13.0 Å². The summed E-state index contributed by atoms with van der Waals surface area (Å²) in [6.45, 7) is 2.12. The minimum atomic E-state index is -0.829. The van der Waals surface area contributed by atoms with Crippen LogP contribution in [0.2, 0.25) is 0 Å². The summed E-state index contributed by atoms with van der Waals surface area (Å²) in [6, 6.07) is 5.51. The van der Waals surface area contributed by atoms with E-state index in [1.54, 1.807) is 6.92 Å². The number of carboxylic acid groups (broad SMARTS) is 1. The van der Waals surface area contributed by atoms with E-state index in [4.69, 9.17) is 9.84 Å². The van der Waals surface area contributed by atoms with Crippen LogP contribution in [0.1, 0.15) is 24.5 Å². The third kappa shape index (κ3) is 4.87. The van der Waals surface area contributed by atoms with Crippen LogP contribution in [0.3, 0.4) is 0 Å². The molecule has 0 aliphatic carbocycles. The van der Waals surface area contributed by atoms with E-state index in [2.05, 4.69) is 15.9 Å². The number of ether oxygens (including phenoxy) is 1. The Balaban J connectivity index is 2.74. The van der Waals surface area contributed by atoms with Gasteiger partial charge in [0.25, 0.3) is 0 Å². The van der Waals surface area contributed by atoms with Crippen LogP contribution in [-0.2, 0) is 27.2 Å². The molecule has 0 amide bonds. The Kier molecular flexibility index (Phi) is 5.85. The lowest BCUT2D eigenvalue weighted by molar-refractivity contribution is -0.142. The van der Waals surface area contributed by atoms with E-state index >= 15 is 0 Å². The van der Waals surface area contributed by atoms with Gasteiger partial charge in [-0.15, -0.1) is 0 Å². The fourth-order valence-corrected chi connectivity index (χ4v) is 1.92. The van der Waals surface area contributed by atoms with Crippen molar-refractivity contribution < 1.29 is 19.4 Å². The number of hydrogen-bond donors (Lipinski definition) is 1. The van der Waals surface area contributed by atoms with Crippen LogP contribution >= 0.6 is 15.9 Å². The van der Waals surface area contributed by atoms with E-state index in [-0.39, 0.29) is 18.8 Å². The van der Waals surface area contributed by atoms with Gasteiger partial charge in [0.1, 0.15) is 0 Å². The molecular formula is C13H15BrO4. The first-order valence-corrected chi connectivity index (χ1v) is 6.47. The third-order valence-electron chi connectivity index (χ3n) is 2.38. The Morgan fingerprint density at radius 3 is 2.72 bits per heavy atom. The van der Waals surface area contributed by atoms with Gasteiger partial charge >= 0.3 is 11.9 Å². The highest BCUT2D eigenvalue weighted by molar-refractivity contribution is 9.10. The molecule has 1 aromatic rings.